The van der Waals surface area contributed by atoms with E-state index in [0.29, 0.717) is 17.8 Å². The predicted octanol–water partition coefficient (Wildman–Crippen LogP) is 4.39. The van der Waals surface area contributed by atoms with Crippen LogP contribution in [0, 0.1) is 0 Å². The number of hydrogen-bond acceptors (Lipinski definition) is 3. The highest BCUT2D eigenvalue weighted by atomic mass is 79.9. The molecule has 1 heterocycles. The van der Waals surface area contributed by atoms with Gasteiger partial charge in [-0.1, -0.05) is 76.6 Å². The molecule has 1 N–H and O–H groups in total. The highest BCUT2D eigenvalue weighted by Gasteiger charge is 2.50. The van der Waals surface area contributed by atoms with E-state index in [1.54, 1.807) is 17.0 Å². The minimum absolute atomic E-state index is 0.179. The third-order valence-electron chi connectivity index (χ3n) is 5.17. The van der Waals surface area contributed by atoms with Gasteiger partial charge in [0.05, 0.1) is 12.2 Å². The molecule has 0 radical (unpaired) electrons. The fourth-order valence-corrected chi connectivity index (χ4v) is 4.15. The number of rotatable bonds is 6. The number of fused-ring (bicyclic) bond motifs is 1. The molecule has 0 spiro atoms. The number of amides is 1. The number of hydrogen-bond donors (Lipinski definition) is 1. The van der Waals surface area contributed by atoms with Crippen molar-refractivity contribution in [3.8, 4) is 0 Å². The molecule has 3 aromatic carbocycles. The van der Waals surface area contributed by atoms with Crippen LogP contribution in [0.3, 0.4) is 0 Å². The molecule has 1 unspecified atom stereocenters. The second-order valence-electron chi connectivity index (χ2n) is 7.28. The van der Waals surface area contributed by atoms with Crippen LogP contribution in [0.15, 0.2) is 83.3 Å². The summed E-state index contributed by atoms with van der Waals surface area (Å²) in [5.74, 6) is -0.643. The van der Waals surface area contributed by atoms with E-state index in [-0.39, 0.29) is 18.6 Å². The monoisotopic (exact) mass is 449 g/mol. The van der Waals surface area contributed by atoms with E-state index in [9.17, 15) is 14.7 Å². The zero-order chi connectivity index (χ0) is 20.4. The van der Waals surface area contributed by atoms with E-state index < -0.39 is 11.5 Å². The molecule has 0 saturated carbocycles. The van der Waals surface area contributed by atoms with Crippen LogP contribution in [-0.2, 0) is 28.2 Å². The van der Waals surface area contributed by atoms with Gasteiger partial charge in [-0.3, -0.25) is 9.59 Å². The van der Waals surface area contributed by atoms with Crippen LogP contribution in [0.1, 0.15) is 23.1 Å². The molecule has 1 amide bonds. The van der Waals surface area contributed by atoms with Crippen molar-refractivity contribution < 1.29 is 14.7 Å². The number of carbonyl (C=O) groups excluding carboxylic acids is 2. The number of anilines is 1. The van der Waals surface area contributed by atoms with Crippen LogP contribution < -0.4 is 4.90 Å². The number of nitrogens with zero attached hydrogens (tertiary/aromatic N) is 1. The Balaban J connectivity index is 1.65. The van der Waals surface area contributed by atoms with Gasteiger partial charge in [0.2, 0.25) is 0 Å². The van der Waals surface area contributed by atoms with Crippen LogP contribution in [-0.4, -0.2) is 16.8 Å². The summed E-state index contributed by atoms with van der Waals surface area (Å²) >= 11 is 3.42. The topological polar surface area (TPSA) is 57.6 Å². The lowest BCUT2D eigenvalue weighted by molar-refractivity contribution is -0.141. The van der Waals surface area contributed by atoms with Gasteiger partial charge in [-0.15, -0.1) is 0 Å². The Labute approximate surface area is 177 Å². The van der Waals surface area contributed by atoms with Crippen molar-refractivity contribution in [1.82, 2.24) is 0 Å². The first-order chi connectivity index (χ1) is 14.0. The molecule has 5 heteroatoms. The van der Waals surface area contributed by atoms with Gasteiger partial charge in [0, 0.05) is 22.9 Å². The number of ketones is 1. The van der Waals surface area contributed by atoms with Gasteiger partial charge in [0.25, 0.3) is 5.91 Å². The van der Waals surface area contributed by atoms with Crippen LogP contribution >= 0.6 is 15.9 Å². The van der Waals surface area contributed by atoms with Crippen LogP contribution in [0.5, 0.6) is 0 Å². The molecule has 0 aromatic heterocycles. The minimum Gasteiger partial charge on any atom is -0.375 e. The first-order valence-electron chi connectivity index (χ1n) is 9.41. The SMILES string of the molecule is O=C(Cc1ccccc1)CC1(O)C(=O)N(Cc2ccccc2)c2ccc(Br)cc21. The van der Waals surface area contributed by atoms with Gasteiger partial charge in [-0.2, -0.15) is 0 Å². The fraction of sp³-hybridized carbons (Fsp3) is 0.167. The van der Waals surface area contributed by atoms with Gasteiger partial charge in [0.1, 0.15) is 5.78 Å². The molecule has 0 bridgehead atoms. The van der Waals surface area contributed by atoms with E-state index in [0.717, 1.165) is 15.6 Å². The minimum atomic E-state index is -1.86. The smallest absolute Gasteiger partial charge is 0.264 e. The van der Waals surface area contributed by atoms with Crippen LogP contribution in [0.2, 0.25) is 0 Å². The lowest BCUT2D eigenvalue weighted by Gasteiger charge is -2.23. The van der Waals surface area contributed by atoms with Crippen LogP contribution in [0.25, 0.3) is 0 Å². The van der Waals surface area contributed by atoms with Gasteiger partial charge in [-0.25, -0.2) is 0 Å². The van der Waals surface area contributed by atoms with E-state index in [4.69, 9.17) is 0 Å². The maximum Gasteiger partial charge on any atom is 0.264 e. The quantitative estimate of drug-likeness (QED) is 0.607. The molecule has 1 atom stereocenters. The average Bonchev–Trinajstić information content (AvgIpc) is 2.91. The van der Waals surface area contributed by atoms with Gasteiger partial charge < -0.3 is 10.0 Å². The Hall–Kier alpha value is -2.76. The number of benzene rings is 3. The zero-order valence-corrected chi connectivity index (χ0v) is 17.3. The fourth-order valence-electron chi connectivity index (χ4n) is 3.79. The first kappa shape index (κ1) is 19.6. The Morgan fingerprint density at radius 2 is 1.55 bits per heavy atom. The van der Waals surface area contributed by atoms with Crippen LogP contribution in [0.4, 0.5) is 5.69 Å². The summed E-state index contributed by atoms with van der Waals surface area (Å²) in [6.07, 6.45) is -0.0755. The molecule has 0 fully saturated rings. The summed E-state index contributed by atoms with van der Waals surface area (Å²) in [4.78, 5) is 27.6. The second kappa shape index (κ2) is 7.93. The number of halogens is 1. The largest absolute Gasteiger partial charge is 0.375 e. The van der Waals surface area contributed by atoms with Crippen molar-refractivity contribution in [2.75, 3.05) is 4.90 Å². The summed E-state index contributed by atoms with van der Waals surface area (Å²) in [7, 11) is 0. The summed E-state index contributed by atoms with van der Waals surface area (Å²) in [6.45, 7) is 0.337. The van der Waals surface area contributed by atoms with Crippen molar-refractivity contribution in [2.45, 2.75) is 25.0 Å². The molecule has 1 aliphatic heterocycles. The number of aliphatic hydroxyl groups is 1. The summed E-state index contributed by atoms with van der Waals surface area (Å²) in [5, 5.41) is 11.4. The number of Topliss-reactive ketones (excluding diaryl/α,β-unsaturated/α-hetero) is 1. The van der Waals surface area contributed by atoms with Crippen molar-refractivity contribution in [2.24, 2.45) is 0 Å². The third-order valence-corrected chi connectivity index (χ3v) is 5.67. The molecule has 0 aliphatic carbocycles. The molecule has 0 saturated heterocycles. The van der Waals surface area contributed by atoms with Crippen molar-refractivity contribution >= 4 is 33.3 Å². The Kier molecular flexibility index (Phi) is 5.35. The molecular weight excluding hydrogens is 430 g/mol. The highest BCUT2D eigenvalue weighted by molar-refractivity contribution is 9.10. The summed E-state index contributed by atoms with van der Waals surface area (Å²) < 4.78 is 0.750. The van der Waals surface area contributed by atoms with E-state index in [1.807, 2.05) is 66.7 Å². The van der Waals surface area contributed by atoms with E-state index >= 15 is 0 Å². The van der Waals surface area contributed by atoms with Gasteiger partial charge in [-0.05, 0) is 29.3 Å². The predicted molar refractivity (Wildman–Crippen MR) is 115 cm³/mol. The Bertz CT molecular complexity index is 1050. The highest BCUT2D eigenvalue weighted by Crippen LogP contribution is 2.44. The third kappa shape index (κ3) is 3.88. The van der Waals surface area contributed by atoms with Gasteiger partial charge >= 0.3 is 0 Å². The lowest BCUT2D eigenvalue weighted by atomic mass is 9.88. The lowest BCUT2D eigenvalue weighted by Crippen LogP contribution is -2.41. The molecule has 3 aromatic rings. The molecule has 1 aliphatic rings. The standard InChI is InChI=1S/C24H20BrNO3/c25-19-11-12-22-21(14-19)24(29,15-20(27)13-17-7-3-1-4-8-17)23(28)26(22)16-18-9-5-2-6-10-18/h1-12,14,29H,13,15-16H2. The summed E-state index contributed by atoms with van der Waals surface area (Å²) in [6, 6.07) is 24.3. The van der Waals surface area contributed by atoms with Crippen molar-refractivity contribution in [1.29, 1.82) is 0 Å². The second-order valence-corrected chi connectivity index (χ2v) is 8.19. The Morgan fingerprint density at radius 3 is 2.21 bits per heavy atom. The zero-order valence-electron chi connectivity index (χ0n) is 15.7. The molecule has 4 nitrogen and oxygen atoms in total. The molecular formula is C24H20BrNO3. The molecule has 29 heavy (non-hydrogen) atoms. The maximum atomic E-state index is 13.3. The summed E-state index contributed by atoms with van der Waals surface area (Å²) in [5.41, 5.74) is 1.06. The van der Waals surface area contributed by atoms with Crippen molar-refractivity contribution in [3.63, 3.8) is 0 Å². The van der Waals surface area contributed by atoms with Gasteiger partial charge in [0.15, 0.2) is 5.60 Å². The Morgan fingerprint density at radius 1 is 0.931 bits per heavy atom. The average molecular weight is 450 g/mol. The first-order valence-corrected chi connectivity index (χ1v) is 10.2. The van der Waals surface area contributed by atoms with E-state index in [1.165, 1.54) is 0 Å². The van der Waals surface area contributed by atoms with Crippen molar-refractivity contribution in [3.05, 3.63) is 100 Å². The molecule has 4 rings (SSSR count). The maximum absolute atomic E-state index is 13.3. The normalized spacial score (nSPS) is 18.0. The molecule has 146 valence electrons. The number of carbonyl (C=O) groups is 2. The van der Waals surface area contributed by atoms with E-state index in [2.05, 4.69) is 15.9 Å².